The number of unbranched alkanes of at least 4 members (excludes halogenated alkanes) is 16. The van der Waals surface area contributed by atoms with Gasteiger partial charge in [-0.2, -0.15) is 0 Å². The third-order valence-corrected chi connectivity index (χ3v) is 10.5. The Kier molecular flexibility index (Phi) is 27.3. The van der Waals surface area contributed by atoms with Crippen molar-refractivity contribution in [3.05, 3.63) is 24.3 Å². The van der Waals surface area contributed by atoms with Crippen molar-refractivity contribution in [3.63, 3.8) is 0 Å². The molecule has 1 saturated carbocycles. The number of allylic oxidation sites excluding steroid dienone is 3. The molecular formula is C38H72NO12P. The first kappa shape index (κ1) is 48.8. The second-order valence-electron chi connectivity index (χ2n) is 14.3. The van der Waals surface area contributed by atoms with Crippen LogP contribution in [0.2, 0.25) is 0 Å². The smallest absolute Gasteiger partial charge is 0.393 e. The molecule has 52 heavy (non-hydrogen) atoms. The van der Waals surface area contributed by atoms with Gasteiger partial charge in [-0.15, -0.1) is 0 Å². The molecule has 0 heterocycles. The number of carbonyl (C=O) groups excluding carboxylic acids is 1. The van der Waals surface area contributed by atoms with E-state index in [1.807, 2.05) is 0 Å². The maximum Gasteiger partial charge on any atom is 0.472 e. The van der Waals surface area contributed by atoms with Crippen LogP contribution in [0.25, 0.3) is 0 Å². The first-order valence-corrected chi connectivity index (χ1v) is 21.4. The molecule has 306 valence electrons. The molecule has 0 aromatic carbocycles. The molecule has 0 aliphatic heterocycles. The second kappa shape index (κ2) is 29.1. The van der Waals surface area contributed by atoms with Crippen molar-refractivity contribution >= 4 is 13.7 Å². The third-order valence-electron chi connectivity index (χ3n) is 9.54. The molecule has 9 N–H and O–H groups in total. The first-order valence-electron chi connectivity index (χ1n) is 19.9. The van der Waals surface area contributed by atoms with Crippen LogP contribution in [0.4, 0.5) is 0 Å². The van der Waals surface area contributed by atoms with Crippen LogP contribution in [0, 0.1) is 0 Å². The molecule has 1 aliphatic rings. The highest BCUT2D eigenvalue weighted by molar-refractivity contribution is 7.47. The van der Waals surface area contributed by atoms with E-state index in [9.17, 15) is 50.0 Å². The van der Waals surface area contributed by atoms with Crippen molar-refractivity contribution < 1.29 is 59.0 Å². The van der Waals surface area contributed by atoms with Gasteiger partial charge in [0.2, 0.25) is 5.91 Å². The molecule has 1 rings (SSSR count). The van der Waals surface area contributed by atoms with Crippen LogP contribution in [0.1, 0.15) is 149 Å². The van der Waals surface area contributed by atoms with Crippen molar-refractivity contribution in [2.24, 2.45) is 0 Å². The summed E-state index contributed by atoms with van der Waals surface area (Å²) in [5.74, 6) is -0.606. The Morgan fingerprint density at radius 3 is 1.69 bits per heavy atom. The Bertz CT molecular complexity index is 1000. The van der Waals surface area contributed by atoms with Crippen molar-refractivity contribution in [2.45, 2.75) is 204 Å². The molecule has 14 heteroatoms. The molecule has 0 spiro atoms. The Morgan fingerprint density at radius 2 is 1.13 bits per heavy atom. The molecule has 0 bridgehead atoms. The minimum Gasteiger partial charge on any atom is -0.393 e. The van der Waals surface area contributed by atoms with Crippen LogP contribution >= 0.6 is 7.82 Å². The summed E-state index contributed by atoms with van der Waals surface area (Å²) in [5, 5.41) is 73.9. The summed E-state index contributed by atoms with van der Waals surface area (Å²) in [5.41, 5.74) is 0. The van der Waals surface area contributed by atoms with Crippen molar-refractivity contribution in [2.75, 3.05) is 6.61 Å². The summed E-state index contributed by atoms with van der Waals surface area (Å²) < 4.78 is 22.7. The predicted molar refractivity (Wildman–Crippen MR) is 201 cm³/mol. The van der Waals surface area contributed by atoms with Gasteiger partial charge in [0, 0.05) is 0 Å². The zero-order valence-electron chi connectivity index (χ0n) is 31.7. The fourth-order valence-electron chi connectivity index (χ4n) is 6.20. The Balaban J connectivity index is 2.65. The highest BCUT2D eigenvalue weighted by atomic mass is 31.2. The lowest BCUT2D eigenvalue weighted by Gasteiger charge is -2.41. The highest BCUT2D eigenvalue weighted by Crippen LogP contribution is 2.47. The molecule has 8 unspecified atom stereocenters. The van der Waals surface area contributed by atoms with Crippen LogP contribution in [-0.2, 0) is 18.4 Å². The van der Waals surface area contributed by atoms with E-state index in [4.69, 9.17) is 9.05 Å². The Morgan fingerprint density at radius 1 is 0.673 bits per heavy atom. The van der Waals surface area contributed by atoms with Crippen molar-refractivity contribution in [3.8, 4) is 0 Å². The zero-order chi connectivity index (χ0) is 38.8. The van der Waals surface area contributed by atoms with Gasteiger partial charge in [-0.05, 0) is 32.1 Å². The lowest BCUT2D eigenvalue weighted by Crippen LogP contribution is -2.64. The molecule has 1 fully saturated rings. The van der Waals surface area contributed by atoms with Gasteiger partial charge in [-0.1, -0.05) is 134 Å². The maximum absolute atomic E-state index is 12.9. The minimum absolute atomic E-state index is 0.250. The van der Waals surface area contributed by atoms with Gasteiger partial charge in [-0.25, -0.2) is 4.57 Å². The summed E-state index contributed by atoms with van der Waals surface area (Å²) in [4.78, 5) is 23.2. The van der Waals surface area contributed by atoms with Crippen LogP contribution in [0.15, 0.2) is 24.3 Å². The molecule has 1 amide bonds. The van der Waals surface area contributed by atoms with Crippen molar-refractivity contribution in [1.82, 2.24) is 5.32 Å². The topological polar surface area (TPSA) is 226 Å². The van der Waals surface area contributed by atoms with E-state index in [1.165, 1.54) is 76.7 Å². The Hall–Kier alpha value is -1.22. The number of amides is 1. The minimum atomic E-state index is -5.13. The summed E-state index contributed by atoms with van der Waals surface area (Å²) in [7, 11) is -5.13. The summed E-state index contributed by atoms with van der Waals surface area (Å²) in [6, 6.07) is -1.25. The highest BCUT2D eigenvalue weighted by Gasteiger charge is 2.51. The van der Waals surface area contributed by atoms with Gasteiger partial charge >= 0.3 is 7.82 Å². The summed E-state index contributed by atoms with van der Waals surface area (Å²) >= 11 is 0. The molecule has 0 aromatic rings. The normalized spacial score (nSPS) is 25.3. The molecule has 0 saturated heterocycles. The van der Waals surface area contributed by atoms with E-state index in [0.717, 1.165) is 44.9 Å². The number of hydrogen-bond acceptors (Lipinski definition) is 11. The monoisotopic (exact) mass is 765 g/mol. The fraction of sp³-hybridized carbons (Fsp3) is 0.868. The van der Waals surface area contributed by atoms with Gasteiger partial charge < -0.3 is 46.0 Å². The van der Waals surface area contributed by atoms with Crippen LogP contribution in [-0.4, -0.2) is 108 Å². The second-order valence-corrected chi connectivity index (χ2v) is 15.7. The van der Waals surface area contributed by atoms with E-state index < -0.39 is 75.2 Å². The largest absolute Gasteiger partial charge is 0.472 e. The number of phosphoric ester groups is 1. The standard InChI is InChI=1S/C38H72NO12P/c1-3-5-7-9-11-13-15-16-17-19-21-23-25-29(40)27-32(42)39-30(31(41)26-24-22-20-18-14-12-10-8-6-4-2)28-50-52(48,49)51-38-36(46)34(44)33(43)35(45)37(38)47/h14,18,24,26,29-31,33-38,40-41,43-47H,3-13,15-17,19-23,25,27-28H2,1-2H3,(H,39,42)(H,48,49)/b18-14+,26-24+. The van der Waals surface area contributed by atoms with Gasteiger partial charge in [0.05, 0.1) is 31.3 Å². The average molecular weight is 766 g/mol. The van der Waals surface area contributed by atoms with Crippen LogP contribution < -0.4 is 5.32 Å². The molecule has 0 radical (unpaired) electrons. The maximum atomic E-state index is 12.9. The van der Waals surface area contributed by atoms with Crippen molar-refractivity contribution in [1.29, 1.82) is 0 Å². The average Bonchev–Trinajstić information content (AvgIpc) is 3.11. The molecular weight excluding hydrogens is 693 g/mol. The first-order chi connectivity index (χ1) is 24.8. The van der Waals surface area contributed by atoms with Gasteiger partial charge in [0.15, 0.2) is 0 Å². The Labute approximate surface area is 312 Å². The van der Waals surface area contributed by atoms with E-state index >= 15 is 0 Å². The van der Waals surface area contributed by atoms with Gasteiger partial charge in [-0.3, -0.25) is 13.8 Å². The molecule has 13 nitrogen and oxygen atoms in total. The lowest BCUT2D eigenvalue weighted by molar-refractivity contribution is -0.220. The SMILES string of the molecule is CCCCCC/C=C/CC/C=C/C(O)C(COP(=O)(O)OC1C(O)C(O)C(O)C(O)C1O)NC(=O)CC(O)CCCCCCCCCCCCCC. The third kappa shape index (κ3) is 21.6. The zero-order valence-corrected chi connectivity index (χ0v) is 32.6. The number of aliphatic hydroxyl groups excluding tert-OH is 7. The van der Waals surface area contributed by atoms with E-state index in [1.54, 1.807) is 6.08 Å². The quantitative estimate of drug-likeness (QED) is 0.0262. The van der Waals surface area contributed by atoms with Gasteiger partial charge in [0.25, 0.3) is 0 Å². The summed E-state index contributed by atoms with van der Waals surface area (Å²) in [6.07, 6.45) is 14.5. The predicted octanol–water partition coefficient (Wildman–Crippen LogP) is 4.86. The molecule has 8 atom stereocenters. The number of aliphatic hydroxyl groups is 7. The van der Waals surface area contributed by atoms with Crippen LogP contribution in [0.5, 0.6) is 0 Å². The molecule has 1 aliphatic carbocycles. The number of hydrogen-bond donors (Lipinski definition) is 9. The van der Waals surface area contributed by atoms with Crippen LogP contribution in [0.3, 0.4) is 0 Å². The summed E-state index contributed by atoms with van der Waals surface area (Å²) in [6.45, 7) is 3.64. The number of phosphoric acid groups is 1. The fourth-order valence-corrected chi connectivity index (χ4v) is 7.16. The number of nitrogens with one attached hydrogen (secondary N) is 1. The molecule has 0 aromatic heterocycles. The van der Waals surface area contributed by atoms with E-state index in [0.29, 0.717) is 12.8 Å². The lowest BCUT2D eigenvalue weighted by atomic mass is 9.85. The number of carbonyl (C=O) groups is 1. The van der Waals surface area contributed by atoms with E-state index in [-0.39, 0.29) is 6.42 Å². The van der Waals surface area contributed by atoms with Gasteiger partial charge in [0.1, 0.15) is 36.6 Å². The number of rotatable bonds is 31. The van der Waals surface area contributed by atoms with E-state index in [2.05, 4.69) is 31.3 Å².